The van der Waals surface area contributed by atoms with Crippen molar-refractivity contribution >= 4 is 46.2 Å². The molecule has 7 heteroatoms. The third-order valence-corrected chi connectivity index (χ3v) is 4.44. The molecule has 0 bridgehead atoms. The summed E-state index contributed by atoms with van der Waals surface area (Å²) in [6.45, 7) is 4.64. The van der Waals surface area contributed by atoms with Crippen molar-refractivity contribution in [3.05, 3.63) is 28.1 Å². The summed E-state index contributed by atoms with van der Waals surface area (Å²) in [6.07, 6.45) is 1.78. The van der Waals surface area contributed by atoms with Gasteiger partial charge in [0.2, 0.25) is 5.91 Å². The predicted octanol–water partition coefficient (Wildman–Crippen LogP) is 2.16. The Balaban J connectivity index is 2.23. The van der Waals surface area contributed by atoms with Gasteiger partial charge in [-0.25, -0.2) is 4.99 Å². The number of thiophene rings is 1. The van der Waals surface area contributed by atoms with Crippen LogP contribution in [0, 0.1) is 5.92 Å². The fourth-order valence-corrected chi connectivity index (χ4v) is 3.21. The highest BCUT2D eigenvalue weighted by Gasteiger charge is 2.31. The fraction of sp³-hybridized carbons (Fsp3) is 0.357. The first-order valence-electron chi connectivity index (χ1n) is 6.54. The molecule has 0 spiro atoms. The number of nitrogens with zero attached hydrogens (tertiary/aromatic N) is 2. The molecule has 0 atom stereocenters. The number of rotatable bonds is 5. The normalized spacial score (nSPS) is 16.9. The van der Waals surface area contributed by atoms with Crippen LogP contribution in [0.4, 0.5) is 0 Å². The van der Waals surface area contributed by atoms with E-state index in [0.29, 0.717) is 23.3 Å². The fourth-order valence-electron chi connectivity index (χ4n) is 1.81. The lowest BCUT2D eigenvalue weighted by Gasteiger charge is -2.19. The molecule has 2 heterocycles. The van der Waals surface area contributed by atoms with E-state index in [2.05, 4.69) is 4.99 Å². The Morgan fingerprint density at radius 1 is 1.57 bits per heavy atom. The lowest BCUT2D eigenvalue weighted by atomic mass is 10.2. The predicted molar refractivity (Wildman–Crippen MR) is 87.9 cm³/mol. The van der Waals surface area contributed by atoms with Crippen molar-refractivity contribution in [2.45, 2.75) is 13.8 Å². The summed E-state index contributed by atoms with van der Waals surface area (Å²) >= 11 is 2.75. The SMILES string of the molecule is CC(C)CN1C(=O)/C(=C\c2cccs2)N=C1SCC(N)=O. The molecule has 0 unspecified atom stereocenters. The van der Waals surface area contributed by atoms with Gasteiger partial charge in [-0.1, -0.05) is 31.7 Å². The summed E-state index contributed by atoms with van der Waals surface area (Å²) in [6, 6.07) is 3.86. The minimum Gasteiger partial charge on any atom is -0.369 e. The summed E-state index contributed by atoms with van der Waals surface area (Å²) in [7, 11) is 0. The average molecular weight is 323 g/mol. The molecule has 1 aliphatic rings. The van der Waals surface area contributed by atoms with Crippen molar-refractivity contribution < 1.29 is 9.59 Å². The summed E-state index contributed by atoms with van der Waals surface area (Å²) in [5.41, 5.74) is 5.57. The Labute approximate surface area is 131 Å². The van der Waals surface area contributed by atoms with Crippen molar-refractivity contribution in [1.82, 2.24) is 4.90 Å². The highest BCUT2D eigenvalue weighted by Crippen LogP contribution is 2.25. The Bertz CT molecular complexity index is 591. The van der Waals surface area contributed by atoms with Crippen LogP contribution < -0.4 is 5.73 Å². The third kappa shape index (κ3) is 4.18. The van der Waals surface area contributed by atoms with Crippen LogP contribution in [0.25, 0.3) is 6.08 Å². The van der Waals surface area contributed by atoms with Crippen molar-refractivity contribution in [1.29, 1.82) is 0 Å². The second-order valence-corrected chi connectivity index (χ2v) is 6.93. The van der Waals surface area contributed by atoms with E-state index in [1.807, 2.05) is 31.4 Å². The monoisotopic (exact) mass is 323 g/mol. The van der Waals surface area contributed by atoms with Crippen LogP contribution in [-0.2, 0) is 9.59 Å². The minimum atomic E-state index is -0.421. The molecular formula is C14H17N3O2S2. The number of amides is 2. The minimum absolute atomic E-state index is 0.118. The molecule has 112 valence electrons. The number of carbonyl (C=O) groups excluding carboxylic acids is 2. The molecule has 0 fully saturated rings. The first kappa shape index (κ1) is 15.8. The summed E-state index contributed by atoms with van der Waals surface area (Å²) in [5, 5.41) is 2.50. The van der Waals surface area contributed by atoms with Gasteiger partial charge >= 0.3 is 0 Å². The number of primary amides is 1. The lowest BCUT2D eigenvalue weighted by Crippen LogP contribution is -2.34. The first-order chi connectivity index (χ1) is 9.97. The Morgan fingerprint density at radius 3 is 2.90 bits per heavy atom. The van der Waals surface area contributed by atoms with E-state index in [1.165, 1.54) is 11.8 Å². The van der Waals surface area contributed by atoms with Crippen molar-refractivity contribution in [2.75, 3.05) is 12.3 Å². The van der Waals surface area contributed by atoms with Gasteiger partial charge in [0.05, 0.1) is 5.75 Å². The second kappa shape index (κ2) is 6.91. The summed E-state index contributed by atoms with van der Waals surface area (Å²) < 4.78 is 0. The highest BCUT2D eigenvalue weighted by atomic mass is 32.2. The van der Waals surface area contributed by atoms with Gasteiger partial charge in [-0.2, -0.15) is 0 Å². The van der Waals surface area contributed by atoms with Gasteiger partial charge in [-0.15, -0.1) is 11.3 Å². The van der Waals surface area contributed by atoms with Crippen LogP contribution in [0.5, 0.6) is 0 Å². The molecule has 1 aromatic heterocycles. The van der Waals surface area contributed by atoms with Gasteiger partial charge in [0.15, 0.2) is 5.17 Å². The molecule has 5 nitrogen and oxygen atoms in total. The van der Waals surface area contributed by atoms with Crippen LogP contribution in [0.3, 0.4) is 0 Å². The zero-order chi connectivity index (χ0) is 15.4. The molecule has 1 aliphatic heterocycles. The van der Waals surface area contributed by atoms with E-state index in [4.69, 9.17) is 5.73 Å². The van der Waals surface area contributed by atoms with Gasteiger partial charge in [0.1, 0.15) is 5.70 Å². The van der Waals surface area contributed by atoms with E-state index < -0.39 is 5.91 Å². The van der Waals surface area contributed by atoms with Crippen LogP contribution >= 0.6 is 23.1 Å². The molecule has 2 rings (SSSR count). The lowest BCUT2D eigenvalue weighted by molar-refractivity contribution is -0.123. The number of hydrogen-bond donors (Lipinski definition) is 1. The van der Waals surface area contributed by atoms with E-state index in [9.17, 15) is 9.59 Å². The van der Waals surface area contributed by atoms with E-state index >= 15 is 0 Å². The largest absolute Gasteiger partial charge is 0.369 e. The zero-order valence-corrected chi connectivity index (χ0v) is 13.5. The zero-order valence-electron chi connectivity index (χ0n) is 11.9. The molecule has 0 aliphatic carbocycles. The molecule has 2 amide bonds. The first-order valence-corrected chi connectivity index (χ1v) is 8.40. The van der Waals surface area contributed by atoms with E-state index in [0.717, 1.165) is 4.88 Å². The van der Waals surface area contributed by atoms with Gasteiger partial charge in [0.25, 0.3) is 5.91 Å². The Hall–Kier alpha value is -1.60. The van der Waals surface area contributed by atoms with Gasteiger partial charge in [0, 0.05) is 11.4 Å². The van der Waals surface area contributed by atoms with Crippen LogP contribution in [0.15, 0.2) is 28.2 Å². The topological polar surface area (TPSA) is 75.8 Å². The maximum Gasteiger partial charge on any atom is 0.278 e. The number of nitrogens with two attached hydrogens (primary N) is 1. The molecule has 2 N–H and O–H groups in total. The second-order valence-electron chi connectivity index (χ2n) is 5.00. The van der Waals surface area contributed by atoms with Gasteiger partial charge in [-0.3, -0.25) is 14.5 Å². The smallest absolute Gasteiger partial charge is 0.278 e. The molecule has 0 saturated carbocycles. The third-order valence-electron chi connectivity index (χ3n) is 2.62. The number of thioether (sulfide) groups is 1. The number of carbonyl (C=O) groups is 2. The highest BCUT2D eigenvalue weighted by molar-refractivity contribution is 8.14. The Kier molecular flexibility index (Phi) is 5.19. The summed E-state index contributed by atoms with van der Waals surface area (Å²) in [4.78, 5) is 30.3. The summed E-state index contributed by atoms with van der Waals surface area (Å²) in [5.74, 6) is -0.110. The standard InChI is InChI=1S/C14H17N3O2S2/c1-9(2)7-17-13(19)11(6-10-4-3-5-20-10)16-14(17)21-8-12(15)18/h3-6,9H,7-8H2,1-2H3,(H2,15,18)/b11-6+. The average Bonchev–Trinajstić information content (AvgIpc) is 3.00. The molecule has 0 saturated heterocycles. The molecule has 0 radical (unpaired) electrons. The number of hydrogen-bond acceptors (Lipinski definition) is 5. The number of amidine groups is 1. The van der Waals surface area contributed by atoms with Crippen LogP contribution in [0.2, 0.25) is 0 Å². The molecule has 21 heavy (non-hydrogen) atoms. The van der Waals surface area contributed by atoms with E-state index in [1.54, 1.807) is 22.3 Å². The van der Waals surface area contributed by atoms with Crippen molar-refractivity contribution in [3.8, 4) is 0 Å². The quantitative estimate of drug-likeness (QED) is 0.844. The van der Waals surface area contributed by atoms with Crippen LogP contribution in [0.1, 0.15) is 18.7 Å². The molecule has 0 aromatic carbocycles. The Morgan fingerprint density at radius 2 is 2.33 bits per heavy atom. The molecule has 1 aromatic rings. The number of aliphatic imine (C=N–C) groups is 1. The van der Waals surface area contributed by atoms with Gasteiger partial charge < -0.3 is 5.73 Å². The maximum atomic E-state index is 12.4. The maximum absolute atomic E-state index is 12.4. The van der Waals surface area contributed by atoms with Crippen molar-refractivity contribution in [2.24, 2.45) is 16.6 Å². The van der Waals surface area contributed by atoms with Crippen molar-refractivity contribution in [3.63, 3.8) is 0 Å². The van der Waals surface area contributed by atoms with Gasteiger partial charge in [-0.05, 0) is 23.4 Å². The van der Waals surface area contributed by atoms with Crippen LogP contribution in [-0.4, -0.2) is 34.2 Å². The molecular weight excluding hydrogens is 306 g/mol. The van der Waals surface area contributed by atoms with E-state index in [-0.39, 0.29) is 11.7 Å².